The molecule has 0 radical (unpaired) electrons. The van der Waals surface area contributed by atoms with Crippen LogP contribution in [-0.2, 0) is 24.8 Å². The fourth-order valence-electron chi connectivity index (χ4n) is 1.69. The third-order valence-corrected chi connectivity index (χ3v) is 2.58. The summed E-state index contributed by atoms with van der Waals surface area (Å²) in [5, 5.41) is 10.4. The van der Waals surface area contributed by atoms with E-state index in [1.807, 2.05) is 20.2 Å². The smallest absolute Gasteiger partial charge is 0.221 e. The lowest BCUT2D eigenvalue weighted by molar-refractivity contribution is -0.121. The quantitative estimate of drug-likeness (QED) is 0.684. The van der Waals surface area contributed by atoms with Crippen molar-refractivity contribution in [3.05, 3.63) is 17.5 Å². The van der Waals surface area contributed by atoms with Crippen molar-refractivity contribution < 1.29 is 4.79 Å². The summed E-state index contributed by atoms with van der Waals surface area (Å²) in [6.07, 6.45) is 3.38. The van der Waals surface area contributed by atoms with Crippen LogP contribution in [0.3, 0.4) is 0 Å². The van der Waals surface area contributed by atoms with Gasteiger partial charge in [-0.2, -0.15) is 5.10 Å². The molecule has 0 aliphatic heterocycles. The van der Waals surface area contributed by atoms with E-state index in [9.17, 15) is 4.79 Å². The predicted molar refractivity (Wildman–Crippen MR) is 67.6 cm³/mol. The Bertz CT molecular complexity index is 359. The Morgan fingerprint density at radius 2 is 2.24 bits per heavy atom. The number of rotatable bonds is 7. The van der Waals surface area contributed by atoms with Crippen LogP contribution < -0.4 is 10.6 Å². The van der Waals surface area contributed by atoms with E-state index in [0.29, 0.717) is 13.0 Å². The average molecular weight is 238 g/mol. The molecule has 1 rings (SSSR count). The molecule has 0 aromatic carbocycles. The van der Waals surface area contributed by atoms with Crippen LogP contribution in [-0.4, -0.2) is 28.8 Å². The Balaban J connectivity index is 2.36. The number of nitrogens with one attached hydrogen (secondary N) is 2. The minimum atomic E-state index is 0.0804. The van der Waals surface area contributed by atoms with Gasteiger partial charge in [-0.05, 0) is 13.0 Å². The molecule has 0 bridgehead atoms. The Labute approximate surface area is 103 Å². The molecule has 17 heavy (non-hydrogen) atoms. The number of carbonyl (C=O) groups is 1. The lowest BCUT2D eigenvalue weighted by atomic mass is 10.2. The molecule has 1 aromatic rings. The predicted octanol–water partition coefficient (Wildman–Crippen LogP) is 0.598. The molecule has 0 saturated carbocycles. The summed E-state index contributed by atoms with van der Waals surface area (Å²) >= 11 is 0. The van der Waals surface area contributed by atoms with E-state index in [1.54, 1.807) is 4.68 Å². The Morgan fingerprint density at radius 1 is 1.47 bits per heavy atom. The summed E-state index contributed by atoms with van der Waals surface area (Å²) in [5.41, 5.74) is 2.16. The summed E-state index contributed by atoms with van der Waals surface area (Å²) in [4.78, 5) is 11.5. The molecule has 0 fully saturated rings. The Morgan fingerprint density at radius 3 is 2.88 bits per heavy atom. The van der Waals surface area contributed by atoms with Crippen LogP contribution in [0.2, 0.25) is 0 Å². The standard InChI is InChI=1S/C12H22N4O/c1-4-11-10(9-16(3)15-11)8-14-12(17)6-7-13-5-2/h9,13H,4-8H2,1-3H3,(H,14,17). The van der Waals surface area contributed by atoms with Gasteiger partial charge in [0.05, 0.1) is 5.69 Å². The molecule has 2 N–H and O–H groups in total. The second-order valence-corrected chi connectivity index (χ2v) is 4.01. The number of hydrogen-bond donors (Lipinski definition) is 2. The molecule has 0 unspecified atom stereocenters. The average Bonchev–Trinajstić information content (AvgIpc) is 2.67. The molecule has 1 amide bonds. The lowest BCUT2D eigenvalue weighted by Gasteiger charge is -2.05. The van der Waals surface area contributed by atoms with Crippen molar-refractivity contribution >= 4 is 5.91 Å². The maximum Gasteiger partial charge on any atom is 0.221 e. The highest BCUT2D eigenvalue weighted by Gasteiger charge is 2.07. The van der Waals surface area contributed by atoms with E-state index in [0.717, 1.165) is 30.8 Å². The zero-order valence-corrected chi connectivity index (χ0v) is 10.9. The number of nitrogens with zero attached hydrogens (tertiary/aromatic N) is 2. The molecule has 0 aliphatic carbocycles. The molecule has 5 heteroatoms. The molecule has 0 atom stereocenters. The van der Waals surface area contributed by atoms with Crippen LogP contribution >= 0.6 is 0 Å². The minimum absolute atomic E-state index is 0.0804. The number of aryl methyl sites for hydroxylation is 2. The number of carbonyl (C=O) groups excluding carboxylic acids is 1. The van der Waals surface area contributed by atoms with Gasteiger partial charge in [-0.15, -0.1) is 0 Å². The molecule has 1 heterocycles. The Kier molecular flexibility index (Phi) is 5.69. The highest BCUT2D eigenvalue weighted by atomic mass is 16.1. The highest BCUT2D eigenvalue weighted by Crippen LogP contribution is 2.06. The second-order valence-electron chi connectivity index (χ2n) is 4.01. The van der Waals surface area contributed by atoms with Gasteiger partial charge in [0.25, 0.3) is 0 Å². The first-order valence-electron chi connectivity index (χ1n) is 6.16. The highest BCUT2D eigenvalue weighted by molar-refractivity contribution is 5.76. The zero-order valence-electron chi connectivity index (χ0n) is 10.9. The molecule has 0 spiro atoms. The van der Waals surface area contributed by atoms with E-state index in [4.69, 9.17) is 0 Å². The molecular weight excluding hydrogens is 216 g/mol. The van der Waals surface area contributed by atoms with Crippen molar-refractivity contribution in [2.24, 2.45) is 7.05 Å². The van der Waals surface area contributed by atoms with E-state index < -0.39 is 0 Å². The van der Waals surface area contributed by atoms with Crippen molar-refractivity contribution in [3.8, 4) is 0 Å². The molecule has 0 aliphatic rings. The summed E-state index contributed by atoms with van der Waals surface area (Å²) in [5.74, 6) is 0.0804. The summed E-state index contributed by atoms with van der Waals surface area (Å²) in [6.45, 7) is 6.30. The van der Waals surface area contributed by atoms with Crippen LogP contribution in [0.1, 0.15) is 31.5 Å². The van der Waals surface area contributed by atoms with Crippen LogP contribution in [0.5, 0.6) is 0 Å². The maximum absolute atomic E-state index is 11.5. The Hall–Kier alpha value is -1.36. The summed E-state index contributed by atoms with van der Waals surface area (Å²) in [6, 6.07) is 0. The normalized spacial score (nSPS) is 10.5. The molecular formula is C12H22N4O. The number of hydrogen-bond acceptors (Lipinski definition) is 3. The zero-order chi connectivity index (χ0) is 12.7. The van der Waals surface area contributed by atoms with Crippen LogP contribution in [0.4, 0.5) is 0 Å². The van der Waals surface area contributed by atoms with E-state index in [-0.39, 0.29) is 5.91 Å². The van der Waals surface area contributed by atoms with Gasteiger partial charge in [-0.3, -0.25) is 9.48 Å². The van der Waals surface area contributed by atoms with Gasteiger partial charge in [0.1, 0.15) is 0 Å². The van der Waals surface area contributed by atoms with Crippen molar-refractivity contribution in [1.29, 1.82) is 0 Å². The van der Waals surface area contributed by atoms with Gasteiger partial charge in [0, 0.05) is 38.3 Å². The van der Waals surface area contributed by atoms with Gasteiger partial charge in [0.15, 0.2) is 0 Å². The van der Waals surface area contributed by atoms with Crippen molar-refractivity contribution in [1.82, 2.24) is 20.4 Å². The maximum atomic E-state index is 11.5. The first kappa shape index (κ1) is 13.7. The van der Waals surface area contributed by atoms with Gasteiger partial charge in [0.2, 0.25) is 5.91 Å². The summed E-state index contributed by atoms with van der Waals surface area (Å²) in [7, 11) is 1.90. The van der Waals surface area contributed by atoms with Crippen LogP contribution in [0.25, 0.3) is 0 Å². The number of amides is 1. The van der Waals surface area contributed by atoms with Crippen LogP contribution in [0, 0.1) is 0 Å². The molecule has 96 valence electrons. The third-order valence-electron chi connectivity index (χ3n) is 2.58. The van der Waals surface area contributed by atoms with E-state index in [1.165, 1.54) is 0 Å². The molecule has 0 saturated heterocycles. The minimum Gasteiger partial charge on any atom is -0.352 e. The molecule has 5 nitrogen and oxygen atoms in total. The van der Waals surface area contributed by atoms with E-state index >= 15 is 0 Å². The second kappa shape index (κ2) is 7.06. The largest absolute Gasteiger partial charge is 0.352 e. The van der Waals surface area contributed by atoms with Gasteiger partial charge < -0.3 is 10.6 Å². The van der Waals surface area contributed by atoms with Crippen molar-refractivity contribution in [2.75, 3.05) is 13.1 Å². The summed E-state index contributed by atoms with van der Waals surface area (Å²) < 4.78 is 1.79. The third kappa shape index (κ3) is 4.56. The van der Waals surface area contributed by atoms with E-state index in [2.05, 4.69) is 22.7 Å². The fourth-order valence-corrected chi connectivity index (χ4v) is 1.69. The van der Waals surface area contributed by atoms with Gasteiger partial charge in [-0.1, -0.05) is 13.8 Å². The first-order valence-corrected chi connectivity index (χ1v) is 6.16. The number of aromatic nitrogens is 2. The first-order chi connectivity index (χ1) is 8.17. The van der Waals surface area contributed by atoms with Gasteiger partial charge >= 0.3 is 0 Å². The molecule has 1 aromatic heterocycles. The SMILES string of the molecule is CCNCCC(=O)NCc1cn(C)nc1CC. The van der Waals surface area contributed by atoms with Crippen molar-refractivity contribution in [2.45, 2.75) is 33.2 Å². The topological polar surface area (TPSA) is 59.0 Å². The monoisotopic (exact) mass is 238 g/mol. The van der Waals surface area contributed by atoms with Crippen molar-refractivity contribution in [3.63, 3.8) is 0 Å². The fraction of sp³-hybridized carbons (Fsp3) is 0.667. The van der Waals surface area contributed by atoms with Gasteiger partial charge in [-0.25, -0.2) is 0 Å². The van der Waals surface area contributed by atoms with Crippen LogP contribution in [0.15, 0.2) is 6.20 Å². The lowest BCUT2D eigenvalue weighted by Crippen LogP contribution is -2.27.